The number of amides is 1. The molecule has 0 radical (unpaired) electrons. The SMILES string of the molecule is CNC(=O)C[C@@H]1C[C@H]2CN(Cc3ccccc3OC)C[C@H]2O1.O=C(O)C(F)(F)F. The lowest BCUT2D eigenvalue weighted by Gasteiger charge is -2.20. The normalized spacial score (nSPS) is 23.7. The third-order valence-corrected chi connectivity index (χ3v) is 4.91. The first-order valence-corrected chi connectivity index (χ1v) is 9.14. The molecule has 0 aromatic heterocycles. The lowest BCUT2D eigenvalue weighted by Crippen LogP contribution is -2.28. The number of halogens is 3. The van der Waals surface area contributed by atoms with Crippen LogP contribution in [0.3, 0.4) is 0 Å². The van der Waals surface area contributed by atoms with Gasteiger partial charge in [-0.25, -0.2) is 4.79 Å². The number of fused-ring (bicyclic) bond motifs is 1. The average molecular weight is 418 g/mol. The van der Waals surface area contributed by atoms with E-state index < -0.39 is 12.1 Å². The Balaban J connectivity index is 0.000000370. The molecule has 0 aliphatic carbocycles. The van der Waals surface area contributed by atoms with Crippen molar-refractivity contribution in [1.29, 1.82) is 0 Å². The highest BCUT2D eigenvalue weighted by Gasteiger charge is 2.42. The van der Waals surface area contributed by atoms with Crippen LogP contribution in [0.5, 0.6) is 5.75 Å². The maximum atomic E-state index is 11.4. The Morgan fingerprint density at radius 3 is 2.52 bits per heavy atom. The summed E-state index contributed by atoms with van der Waals surface area (Å²) in [5.74, 6) is -1.20. The maximum absolute atomic E-state index is 11.4. The first kappa shape index (κ1) is 23.0. The number of carboxylic acid groups (broad SMARTS) is 1. The molecule has 0 saturated carbocycles. The largest absolute Gasteiger partial charge is 0.496 e. The number of hydrogen-bond acceptors (Lipinski definition) is 5. The zero-order chi connectivity index (χ0) is 21.6. The van der Waals surface area contributed by atoms with E-state index in [0.717, 1.165) is 31.8 Å². The molecule has 162 valence electrons. The van der Waals surface area contributed by atoms with Crippen molar-refractivity contribution in [3.63, 3.8) is 0 Å². The van der Waals surface area contributed by atoms with Crippen molar-refractivity contribution >= 4 is 11.9 Å². The predicted molar refractivity (Wildman–Crippen MR) is 97.4 cm³/mol. The van der Waals surface area contributed by atoms with Gasteiger partial charge in [-0.1, -0.05) is 18.2 Å². The standard InChI is InChI=1S/C17H24N2O3.C2HF3O2/c1-18-17(20)8-14-7-13-10-19(11-16(13)22-14)9-12-5-3-4-6-15(12)21-2;3-2(4,5)1(6)7/h3-6,13-14,16H,7-11H2,1-2H3,(H,18,20);(H,6,7)/t13-,14-,16+;/m0./s1. The quantitative estimate of drug-likeness (QED) is 0.761. The number of likely N-dealkylation sites (tertiary alicyclic amines) is 1. The lowest BCUT2D eigenvalue weighted by molar-refractivity contribution is -0.192. The number of rotatable bonds is 5. The Kier molecular flexibility index (Phi) is 7.86. The van der Waals surface area contributed by atoms with Crippen LogP contribution in [0.2, 0.25) is 0 Å². The summed E-state index contributed by atoms with van der Waals surface area (Å²) in [4.78, 5) is 22.8. The number of aliphatic carboxylic acids is 1. The minimum Gasteiger partial charge on any atom is -0.496 e. The third kappa shape index (κ3) is 6.60. The Morgan fingerprint density at radius 1 is 1.31 bits per heavy atom. The van der Waals surface area contributed by atoms with Gasteiger partial charge in [-0.3, -0.25) is 9.69 Å². The molecule has 2 N–H and O–H groups in total. The van der Waals surface area contributed by atoms with Gasteiger partial charge >= 0.3 is 12.1 Å². The van der Waals surface area contributed by atoms with E-state index in [-0.39, 0.29) is 18.1 Å². The van der Waals surface area contributed by atoms with Crippen molar-refractivity contribution in [2.24, 2.45) is 5.92 Å². The molecule has 1 aromatic rings. The number of benzene rings is 1. The van der Waals surface area contributed by atoms with Gasteiger partial charge in [0.2, 0.25) is 5.91 Å². The van der Waals surface area contributed by atoms with E-state index in [9.17, 15) is 18.0 Å². The van der Waals surface area contributed by atoms with Crippen molar-refractivity contribution in [2.45, 2.75) is 37.8 Å². The highest BCUT2D eigenvalue weighted by molar-refractivity contribution is 5.76. The smallest absolute Gasteiger partial charge is 0.490 e. The van der Waals surface area contributed by atoms with E-state index in [4.69, 9.17) is 19.4 Å². The summed E-state index contributed by atoms with van der Waals surface area (Å²) in [6.45, 7) is 2.86. The minimum absolute atomic E-state index is 0.0656. The van der Waals surface area contributed by atoms with Crippen molar-refractivity contribution < 1.29 is 37.3 Å². The molecular weight excluding hydrogens is 393 g/mol. The molecule has 10 heteroatoms. The van der Waals surface area contributed by atoms with Crippen LogP contribution in [-0.4, -0.2) is 67.5 Å². The van der Waals surface area contributed by atoms with Crippen LogP contribution >= 0.6 is 0 Å². The summed E-state index contributed by atoms with van der Waals surface area (Å²) in [6.07, 6.45) is -3.26. The van der Waals surface area contributed by atoms with Gasteiger partial charge in [-0.05, 0) is 12.5 Å². The van der Waals surface area contributed by atoms with E-state index in [2.05, 4.69) is 16.3 Å². The first-order chi connectivity index (χ1) is 13.6. The van der Waals surface area contributed by atoms with Gasteiger partial charge < -0.3 is 19.9 Å². The van der Waals surface area contributed by atoms with E-state index in [1.54, 1.807) is 14.2 Å². The molecule has 0 bridgehead atoms. The highest BCUT2D eigenvalue weighted by Crippen LogP contribution is 2.35. The predicted octanol–water partition coefficient (Wildman–Crippen LogP) is 2.05. The number of carbonyl (C=O) groups is 2. The fraction of sp³-hybridized carbons (Fsp3) is 0.579. The Labute approximate surface area is 166 Å². The van der Waals surface area contributed by atoms with E-state index >= 15 is 0 Å². The number of carboxylic acids is 1. The van der Waals surface area contributed by atoms with Crippen molar-refractivity contribution in [3.05, 3.63) is 29.8 Å². The van der Waals surface area contributed by atoms with Crippen LogP contribution in [0.25, 0.3) is 0 Å². The third-order valence-electron chi connectivity index (χ3n) is 4.91. The molecule has 2 saturated heterocycles. The Morgan fingerprint density at radius 2 is 1.97 bits per heavy atom. The molecule has 2 aliphatic rings. The molecule has 2 heterocycles. The average Bonchev–Trinajstić information content (AvgIpc) is 3.19. The second kappa shape index (κ2) is 9.93. The molecule has 0 unspecified atom stereocenters. The first-order valence-electron chi connectivity index (χ1n) is 9.14. The zero-order valence-electron chi connectivity index (χ0n) is 16.2. The van der Waals surface area contributed by atoms with Gasteiger partial charge in [0.1, 0.15) is 5.75 Å². The monoisotopic (exact) mass is 418 g/mol. The molecule has 1 aromatic carbocycles. The molecule has 29 heavy (non-hydrogen) atoms. The van der Waals surface area contributed by atoms with Crippen molar-refractivity contribution in [1.82, 2.24) is 10.2 Å². The fourth-order valence-corrected chi connectivity index (χ4v) is 3.59. The van der Waals surface area contributed by atoms with Gasteiger partial charge in [0.15, 0.2) is 0 Å². The second-order valence-electron chi connectivity index (χ2n) is 6.98. The molecule has 7 nitrogen and oxygen atoms in total. The van der Waals surface area contributed by atoms with Crippen LogP contribution in [0.1, 0.15) is 18.4 Å². The molecule has 2 aliphatic heterocycles. The lowest BCUT2D eigenvalue weighted by atomic mass is 10.0. The molecule has 3 rings (SSSR count). The van der Waals surface area contributed by atoms with E-state index in [1.165, 1.54) is 5.56 Å². The second-order valence-corrected chi connectivity index (χ2v) is 6.98. The van der Waals surface area contributed by atoms with Crippen LogP contribution in [0.4, 0.5) is 13.2 Å². The number of para-hydroxylation sites is 1. The van der Waals surface area contributed by atoms with Crippen LogP contribution in [0.15, 0.2) is 24.3 Å². The van der Waals surface area contributed by atoms with E-state index in [0.29, 0.717) is 12.3 Å². The van der Waals surface area contributed by atoms with Crippen molar-refractivity contribution in [2.75, 3.05) is 27.2 Å². The van der Waals surface area contributed by atoms with Gasteiger partial charge in [0.05, 0.1) is 25.7 Å². The summed E-state index contributed by atoms with van der Waals surface area (Å²) in [5.41, 5.74) is 1.21. The number of methoxy groups -OCH3 is 1. The van der Waals surface area contributed by atoms with Crippen LogP contribution < -0.4 is 10.1 Å². The van der Waals surface area contributed by atoms with Gasteiger partial charge in [-0.2, -0.15) is 13.2 Å². The summed E-state index contributed by atoms with van der Waals surface area (Å²) < 4.78 is 43.2. The van der Waals surface area contributed by atoms with Crippen LogP contribution in [0, 0.1) is 5.92 Å². The molecule has 0 spiro atoms. The minimum atomic E-state index is -5.08. The molecule has 1 amide bonds. The summed E-state index contributed by atoms with van der Waals surface area (Å²) >= 11 is 0. The molecule has 2 fully saturated rings. The maximum Gasteiger partial charge on any atom is 0.490 e. The Hall–Kier alpha value is -2.33. The van der Waals surface area contributed by atoms with Gasteiger partial charge in [-0.15, -0.1) is 0 Å². The molecular formula is C19H25F3N2O5. The number of carbonyl (C=O) groups excluding carboxylic acids is 1. The number of hydrogen-bond donors (Lipinski definition) is 2. The fourth-order valence-electron chi connectivity index (χ4n) is 3.59. The number of ether oxygens (including phenoxy) is 2. The van der Waals surface area contributed by atoms with Gasteiger partial charge in [0.25, 0.3) is 0 Å². The number of alkyl halides is 3. The summed E-state index contributed by atoms with van der Waals surface area (Å²) in [7, 11) is 3.39. The van der Waals surface area contributed by atoms with E-state index in [1.807, 2.05) is 18.2 Å². The number of nitrogens with one attached hydrogen (secondary N) is 1. The summed E-state index contributed by atoms with van der Waals surface area (Å²) in [5, 5.41) is 9.79. The number of nitrogens with zero attached hydrogens (tertiary/aromatic N) is 1. The van der Waals surface area contributed by atoms with Gasteiger partial charge in [0, 0.05) is 38.2 Å². The van der Waals surface area contributed by atoms with Crippen LogP contribution in [-0.2, 0) is 20.9 Å². The highest BCUT2D eigenvalue weighted by atomic mass is 19.4. The zero-order valence-corrected chi connectivity index (χ0v) is 16.2. The Bertz CT molecular complexity index is 699. The molecule has 3 atom stereocenters. The topological polar surface area (TPSA) is 88.1 Å². The summed E-state index contributed by atoms with van der Waals surface area (Å²) in [6, 6.07) is 8.16. The van der Waals surface area contributed by atoms with Crippen molar-refractivity contribution in [3.8, 4) is 5.75 Å².